The molecule has 3 rings (SSSR count). The van der Waals surface area contributed by atoms with Gasteiger partial charge in [-0.1, -0.05) is 19.1 Å². The quantitative estimate of drug-likeness (QED) is 0.684. The Morgan fingerprint density at radius 2 is 2.20 bits per heavy atom. The SMILES string of the molecule is CC[C@@H](Cn1ccnc1)NC(=O)CCc1nc2ccccc2[nH]c1=O. The Bertz CT molecular complexity index is 901. The zero-order valence-corrected chi connectivity index (χ0v) is 14.1. The third-order valence-corrected chi connectivity index (χ3v) is 4.11. The molecule has 0 unspecified atom stereocenters. The number of H-pyrrole nitrogens is 1. The molecule has 130 valence electrons. The number of aryl methyl sites for hydroxylation is 1. The summed E-state index contributed by atoms with van der Waals surface area (Å²) in [4.78, 5) is 35.5. The molecule has 0 radical (unpaired) electrons. The van der Waals surface area contributed by atoms with Crippen LogP contribution in [0.1, 0.15) is 25.5 Å². The predicted molar refractivity (Wildman–Crippen MR) is 95.1 cm³/mol. The molecule has 3 aromatic rings. The Labute approximate surface area is 145 Å². The van der Waals surface area contributed by atoms with Crippen molar-refractivity contribution in [1.29, 1.82) is 0 Å². The lowest BCUT2D eigenvalue weighted by atomic mass is 10.2. The highest BCUT2D eigenvalue weighted by Crippen LogP contribution is 2.07. The fourth-order valence-corrected chi connectivity index (χ4v) is 2.69. The molecule has 0 spiro atoms. The van der Waals surface area contributed by atoms with E-state index in [1.165, 1.54) is 0 Å². The number of imidazole rings is 1. The van der Waals surface area contributed by atoms with E-state index in [4.69, 9.17) is 0 Å². The molecule has 0 saturated carbocycles. The first-order chi connectivity index (χ1) is 12.2. The summed E-state index contributed by atoms with van der Waals surface area (Å²) in [5.74, 6) is -0.0821. The molecule has 2 heterocycles. The molecule has 25 heavy (non-hydrogen) atoms. The van der Waals surface area contributed by atoms with Crippen LogP contribution in [-0.4, -0.2) is 31.5 Å². The molecule has 2 aromatic heterocycles. The van der Waals surface area contributed by atoms with Crippen LogP contribution in [0.15, 0.2) is 47.8 Å². The van der Waals surface area contributed by atoms with Gasteiger partial charge in [0.05, 0.1) is 17.4 Å². The Morgan fingerprint density at radius 1 is 1.36 bits per heavy atom. The van der Waals surface area contributed by atoms with Crippen molar-refractivity contribution in [2.75, 3.05) is 0 Å². The van der Waals surface area contributed by atoms with Gasteiger partial charge < -0.3 is 14.9 Å². The lowest BCUT2D eigenvalue weighted by Gasteiger charge is -2.17. The molecule has 1 atom stereocenters. The molecule has 0 aliphatic carbocycles. The minimum atomic E-state index is -0.239. The van der Waals surface area contributed by atoms with Crippen LogP contribution in [0.4, 0.5) is 0 Å². The molecule has 0 fully saturated rings. The van der Waals surface area contributed by atoms with Crippen molar-refractivity contribution < 1.29 is 4.79 Å². The average molecular weight is 339 g/mol. The van der Waals surface area contributed by atoms with Crippen molar-refractivity contribution in [2.24, 2.45) is 0 Å². The fourth-order valence-electron chi connectivity index (χ4n) is 2.69. The number of rotatable bonds is 7. The van der Waals surface area contributed by atoms with Crippen LogP contribution < -0.4 is 10.9 Å². The second kappa shape index (κ2) is 7.74. The number of aromatic nitrogens is 4. The third-order valence-electron chi connectivity index (χ3n) is 4.11. The van der Waals surface area contributed by atoms with Crippen molar-refractivity contribution in [1.82, 2.24) is 24.8 Å². The highest BCUT2D eigenvalue weighted by atomic mass is 16.1. The van der Waals surface area contributed by atoms with E-state index in [1.807, 2.05) is 42.0 Å². The highest BCUT2D eigenvalue weighted by molar-refractivity contribution is 5.77. The van der Waals surface area contributed by atoms with Crippen LogP contribution in [-0.2, 0) is 17.8 Å². The van der Waals surface area contributed by atoms with Crippen molar-refractivity contribution in [3.05, 3.63) is 59.0 Å². The van der Waals surface area contributed by atoms with E-state index in [2.05, 4.69) is 20.3 Å². The van der Waals surface area contributed by atoms with Gasteiger partial charge in [0.1, 0.15) is 5.69 Å². The van der Waals surface area contributed by atoms with Crippen molar-refractivity contribution in [2.45, 2.75) is 38.8 Å². The molecule has 1 aromatic carbocycles. The summed E-state index contributed by atoms with van der Waals surface area (Å²) in [5.41, 5.74) is 1.57. The van der Waals surface area contributed by atoms with Crippen LogP contribution in [0.25, 0.3) is 11.0 Å². The molecule has 0 saturated heterocycles. The van der Waals surface area contributed by atoms with Gasteiger partial charge in [0.2, 0.25) is 5.91 Å². The number of para-hydroxylation sites is 2. The maximum atomic E-state index is 12.2. The largest absolute Gasteiger partial charge is 0.352 e. The number of amides is 1. The van der Waals surface area contributed by atoms with Gasteiger partial charge in [0, 0.05) is 37.8 Å². The number of nitrogens with one attached hydrogen (secondary N) is 2. The van der Waals surface area contributed by atoms with E-state index in [-0.39, 0.29) is 23.9 Å². The number of carbonyl (C=O) groups excluding carboxylic acids is 1. The van der Waals surface area contributed by atoms with Gasteiger partial charge >= 0.3 is 0 Å². The Morgan fingerprint density at radius 3 is 2.96 bits per heavy atom. The topological polar surface area (TPSA) is 92.7 Å². The molecular weight excluding hydrogens is 318 g/mol. The van der Waals surface area contributed by atoms with Crippen LogP contribution in [0.2, 0.25) is 0 Å². The second-order valence-corrected chi connectivity index (χ2v) is 5.96. The first-order valence-corrected chi connectivity index (χ1v) is 8.38. The molecule has 0 aliphatic heterocycles. The Kier molecular flexibility index (Phi) is 5.23. The van der Waals surface area contributed by atoms with Crippen molar-refractivity contribution in [3.63, 3.8) is 0 Å². The van der Waals surface area contributed by atoms with Gasteiger partial charge in [-0.3, -0.25) is 9.59 Å². The lowest BCUT2D eigenvalue weighted by Crippen LogP contribution is -2.37. The van der Waals surface area contributed by atoms with E-state index in [0.29, 0.717) is 24.2 Å². The Hall–Kier alpha value is -2.96. The predicted octanol–water partition coefficient (Wildman–Crippen LogP) is 1.65. The maximum Gasteiger partial charge on any atom is 0.270 e. The van der Waals surface area contributed by atoms with Crippen LogP contribution in [0, 0.1) is 0 Å². The molecule has 7 heteroatoms. The summed E-state index contributed by atoms with van der Waals surface area (Å²) in [6.07, 6.45) is 6.67. The van der Waals surface area contributed by atoms with Crippen LogP contribution in [0.3, 0.4) is 0 Å². The number of hydrogen-bond donors (Lipinski definition) is 2. The molecule has 1 amide bonds. The second-order valence-electron chi connectivity index (χ2n) is 5.96. The first kappa shape index (κ1) is 16.9. The summed E-state index contributed by atoms with van der Waals surface area (Å²) in [6.45, 7) is 2.70. The van der Waals surface area contributed by atoms with E-state index < -0.39 is 0 Å². The molecule has 0 bridgehead atoms. The standard InChI is InChI=1S/C18H21N5O2/c1-2-13(11-23-10-9-19-12-23)20-17(24)8-7-16-18(25)22-15-6-4-3-5-14(15)21-16/h3-6,9-10,12-13H,2,7-8,11H2,1H3,(H,20,24)(H,22,25)/t13-/m0/s1. The molecule has 0 aliphatic rings. The van der Waals surface area contributed by atoms with E-state index in [1.54, 1.807) is 12.5 Å². The van der Waals surface area contributed by atoms with Crippen molar-refractivity contribution in [3.8, 4) is 0 Å². The summed E-state index contributed by atoms with van der Waals surface area (Å²) in [7, 11) is 0. The van der Waals surface area contributed by atoms with E-state index in [0.717, 1.165) is 11.9 Å². The van der Waals surface area contributed by atoms with E-state index >= 15 is 0 Å². The van der Waals surface area contributed by atoms with Gasteiger partial charge in [-0.2, -0.15) is 0 Å². The van der Waals surface area contributed by atoms with Gasteiger partial charge in [-0.05, 0) is 18.6 Å². The van der Waals surface area contributed by atoms with Crippen molar-refractivity contribution >= 4 is 16.9 Å². The molecular formula is C18H21N5O2. The summed E-state index contributed by atoms with van der Waals surface area (Å²) in [6, 6.07) is 7.39. The number of hydrogen-bond acceptors (Lipinski definition) is 4. The first-order valence-electron chi connectivity index (χ1n) is 8.38. The third kappa shape index (κ3) is 4.32. The van der Waals surface area contributed by atoms with Gasteiger partial charge in [-0.15, -0.1) is 0 Å². The van der Waals surface area contributed by atoms with Gasteiger partial charge in [-0.25, -0.2) is 9.97 Å². The maximum absolute atomic E-state index is 12.2. The normalized spacial score (nSPS) is 12.2. The lowest BCUT2D eigenvalue weighted by molar-refractivity contribution is -0.121. The minimum Gasteiger partial charge on any atom is -0.352 e. The zero-order chi connectivity index (χ0) is 17.6. The van der Waals surface area contributed by atoms with E-state index in [9.17, 15) is 9.59 Å². The zero-order valence-electron chi connectivity index (χ0n) is 14.1. The average Bonchev–Trinajstić information content (AvgIpc) is 3.12. The number of nitrogens with zero attached hydrogens (tertiary/aromatic N) is 3. The summed E-state index contributed by atoms with van der Waals surface area (Å²) < 4.78 is 1.93. The summed E-state index contributed by atoms with van der Waals surface area (Å²) >= 11 is 0. The smallest absolute Gasteiger partial charge is 0.270 e. The van der Waals surface area contributed by atoms with Crippen LogP contribution >= 0.6 is 0 Å². The number of aromatic amines is 1. The van der Waals surface area contributed by atoms with Crippen LogP contribution in [0.5, 0.6) is 0 Å². The fraction of sp³-hybridized carbons (Fsp3) is 0.333. The number of fused-ring (bicyclic) bond motifs is 1. The number of benzene rings is 1. The van der Waals surface area contributed by atoms with Gasteiger partial charge in [0.15, 0.2) is 0 Å². The summed E-state index contributed by atoms with van der Waals surface area (Å²) in [5, 5.41) is 3.00. The number of carbonyl (C=O) groups is 1. The van der Waals surface area contributed by atoms with Gasteiger partial charge in [0.25, 0.3) is 5.56 Å². The Balaban J connectivity index is 1.60. The molecule has 7 nitrogen and oxygen atoms in total. The minimum absolute atomic E-state index is 0.0320. The monoisotopic (exact) mass is 339 g/mol. The molecule has 2 N–H and O–H groups in total. The highest BCUT2D eigenvalue weighted by Gasteiger charge is 2.13.